The summed E-state index contributed by atoms with van der Waals surface area (Å²) in [6, 6.07) is 5.09. The smallest absolute Gasteiger partial charge is 0.308 e. The molecule has 0 atom stereocenters. The summed E-state index contributed by atoms with van der Waals surface area (Å²) < 4.78 is 10.7. The van der Waals surface area contributed by atoms with E-state index in [9.17, 15) is 4.79 Å². The van der Waals surface area contributed by atoms with Crippen molar-refractivity contribution < 1.29 is 14.3 Å². The van der Waals surface area contributed by atoms with Gasteiger partial charge in [-0.05, 0) is 28.1 Å². The first-order chi connectivity index (χ1) is 6.13. The molecule has 1 rings (SSSR count). The SMILES string of the molecule is COc1cc(OC(C)=O)ccc1Br. The van der Waals surface area contributed by atoms with Crippen molar-refractivity contribution in [2.24, 2.45) is 0 Å². The van der Waals surface area contributed by atoms with E-state index < -0.39 is 0 Å². The second-order valence-corrected chi connectivity index (χ2v) is 3.24. The number of halogens is 1. The Morgan fingerprint density at radius 3 is 2.69 bits per heavy atom. The van der Waals surface area contributed by atoms with Crippen molar-refractivity contribution in [1.82, 2.24) is 0 Å². The van der Waals surface area contributed by atoms with Gasteiger partial charge in [0.25, 0.3) is 0 Å². The van der Waals surface area contributed by atoms with E-state index in [-0.39, 0.29) is 5.97 Å². The highest BCUT2D eigenvalue weighted by atomic mass is 79.9. The highest BCUT2D eigenvalue weighted by Crippen LogP contribution is 2.28. The molecule has 0 aromatic heterocycles. The molecule has 3 nitrogen and oxygen atoms in total. The van der Waals surface area contributed by atoms with Gasteiger partial charge < -0.3 is 9.47 Å². The Kier molecular flexibility index (Phi) is 3.31. The first-order valence-electron chi connectivity index (χ1n) is 3.65. The molecule has 0 N–H and O–H groups in total. The van der Waals surface area contributed by atoms with Crippen LogP contribution in [0.1, 0.15) is 6.92 Å². The lowest BCUT2D eigenvalue weighted by atomic mass is 10.3. The van der Waals surface area contributed by atoms with Crippen molar-refractivity contribution in [3.63, 3.8) is 0 Å². The molecular formula is C9H9BrO3. The first-order valence-corrected chi connectivity index (χ1v) is 4.44. The maximum Gasteiger partial charge on any atom is 0.308 e. The van der Waals surface area contributed by atoms with Crippen molar-refractivity contribution in [2.45, 2.75) is 6.92 Å². The fraction of sp³-hybridized carbons (Fsp3) is 0.222. The van der Waals surface area contributed by atoms with Crippen LogP contribution in [-0.4, -0.2) is 13.1 Å². The number of ether oxygens (including phenoxy) is 2. The number of benzene rings is 1. The largest absolute Gasteiger partial charge is 0.495 e. The van der Waals surface area contributed by atoms with E-state index in [0.717, 1.165) is 4.47 Å². The quantitative estimate of drug-likeness (QED) is 0.592. The molecule has 0 aliphatic carbocycles. The van der Waals surface area contributed by atoms with Crippen LogP contribution in [0.3, 0.4) is 0 Å². The highest BCUT2D eigenvalue weighted by molar-refractivity contribution is 9.10. The Labute approximate surface area is 84.8 Å². The fourth-order valence-electron chi connectivity index (χ4n) is 0.870. The van der Waals surface area contributed by atoms with Gasteiger partial charge in [-0.1, -0.05) is 0 Å². The molecule has 0 radical (unpaired) electrons. The van der Waals surface area contributed by atoms with Gasteiger partial charge in [0.2, 0.25) is 0 Å². The summed E-state index contributed by atoms with van der Waals surface area (Å²) in [4.78, 5) is 10.6. The van der Waals surface area contributed by atoms with Crippen molar-refractivity contribution in [3.8, 4) is 11.5 Å². The molecule has 0 bridgehead atoms. The van der Waals surface area contributed by atoms with E-state index in [4.69, 9.17) is 9.47 Å². The molecule has 0 heterocycles. The van der Waals surface area contributed by atoms with E-state index in [2.05, 4.69) is 15.9 Å². The van der Waals surface area contributed by atoms with Crippen LogP contribution in [0.25, 0.3) is 0 Å². The summed E-state index contributed by atoms with van der Waals surface area (Å²) in [5.41, 5.74) is 0. The first kappa shape index (κ1) is 10.1. The van der Waals surface area contributed by atoms with Crippen LogP contribution in [0.4, 0.5) is 0 Å². The van der Waals surface area contributed by atoms with E-state index in [1.165, 1.54) is 6.92 Å². The van der Waals surface area contributed by atoms with Gasteiger partial charge in [0.1, 0.15) is 11.5 Å². The third kappa shape index (κ3) is 2.73. The second-order valence-electron chi connectivity index (χ2n) is 2.39. The minimum atomic E-state index is -0.343. The van der Waals surface area contributed by atoms with Crippen LogP contribution in [0.5, 0.6) is 11.5 Å². The molecule has 0 fully saturated rings. The van der Waals surface area contributed by atoms with Gasteiger partial charge in [0, 0.05) is 13.0 Å². The molecule has 0 saturated heterocycles. The van der Waals surface area contributed by atoms with Crippen LogP contribution < -0.4 is 9.47 Å². The van der Waals surface area contributed by atoms with E-state index in [0.29, 0.717) is 11.5 Å². The predicted molar refractivity (Wildman–Crippen MR) is 52.0 cm³/mol. The number of methoxy groups -OCH3 is 1. The van der Waals surface area contributed by atoms with Crippen molar-refractivity contribution in [3.05, 3.63) is 22.7 Å². The Hall–Kier alpha value is -1.03. The summed E-state index contributed by atoms with van der Waals surface area (Å²) in [6.07, 6.45) is 0. The summed E-state index contributed by atoms with van der Waals surface area (Å²) >= 11 is 3.29. The molecule has 0 spiro atoms. The topological polar surface area (TPSA) is 35.5 Å². The third-order valence-corrected chi connectivity index (χ3v) is 2.04. The molecule has 1 aromatic carbocycles. The summed E-state index contributed by atoms with van der Waals surface area (Å²) in [5.74, 6) is 0.774. The molecule has 70 valence electrons. The van der Waals surface area contributed by atoms with Crippen LogP contribution in [0.2, 0.25) is 0 Å². The van der Waals surface area contributed by atoms with Crippen molar-refractivity contribution in [1.29, 1.82) is 0 Å². The molecule has 4 heteroatoms. The van der Waals surface area contributed by atoms with Gasteiger partial charge in [-0.15, -0.1) is 0 Å². The van der Waals surface area contributed by atoms with Crippen LogP contribution in [0, 0.1) is 0 Å². The van der Waals surface area contributed by atoms with Gasteiger partial charge in [-0.25, -0.2) is 0 Å². The Morgan fingerprint density at radius 1 is 1.46 bits per heavy atom. The Bertz CT molecular complexity index is 323. The average molecular weight is 245 g/mol. The Morgan fingerprint density at radius 2 is 2.15 bits per heavy atom. The Balaban J connectivity index is 2.92. The zero-order chi connectivity index (χ0) is 9.84. The summed E-state index contributed by atoms with van der Waals surface area (Å²) in [5, 5.41) is 0. The highest BCUT2D eigenvalue weighted by Gasteiger charge is 2.03. The molecule has 0 amide bonds. The van der Waals surface area contributed by atoms with Crippen LogP contribution in [0.15, 0.2) is 22.7 Å². The van der Waals surface area contributed by atoms with Gasteiger partial charge >= 0.3 is 5.97 Å². The number of carbonyl (C=O) groups is 1. The number of rotatable bonds is 2. The van der Waals surface area contributed by atoms with Crippen molar-refractivity contribution >= 4 is 21.9 Å². The average Bonchev–Trinajstić information content (AvgIpc) is 2.07. The molecule has 0 saturated carbocycles. The third-order valence-electron chi connectivity index (χ3n) is 1.38. The fourth-order valence-corrected chi connectivity index (χ4v) is 1.28. The van der Waals surface area contributed by atoms with Gasteiger partial charge in [-0.2, -0.15) is 0 Å². The van der Waals surface area contributed by atoms with E-state index in [1.807, 2.05) is 0 Å². The predicted octanol–water partition coefficient (Wildman–Crippen LogP) is 2.38. The molecule has 13 heavy (non-hydrogen) atoms. The van der Waals surface area contributed by atoms with Crippen LogP contribution >= 0.6 is 15.9 Å². The van der Waals surface area contributed by atoms with Gasteiger partial charge in [0.05, 0.1) is 11.6 Å². The summed E-state index contributed by atoms with van der Waals surface area (Å²) in [6.45, 7) is 1.36. The van der Waals surface area contributed by atoms with Gasteiger partial charge in [0.15, 0.2) is 0 Å². The maximum absolute atomic E-state index is 10.6. The zero-order valence-electron chi connectivity index (χ0n) is 7.33. The number of hydrogen-bond donors (Lipinski definition) is 0. The normalized spacial score (nSPS) is 9.46. The maximum atomic E-state index is 10.6. The number of esters is 1. The molecular weight excluding hydrogens is 236 g/mol. The van der Waals surface area contributed by atoms with Gasteiger partial charge in [-0.3, -0.25) is 4.79 Å². The molecule has 1 aromatic rings. The number of carbonyl (C=O) groups excluding carboxylic acids is 1. The van der Waals surface area contributed by atoms with Crippen molar-refractivity contribution in [2.75, 3.05) is 7.11 Å². The minimum Gasteiger partial charge on any atom is -0.495 e. The molecule has 0 unspecified atom stereocenters. The monoisotopic (exact) mass is 244 g/mol. The molecule has 0 aliphatic heterocycles. The lowest BCUT2D eigenvalue weighted by Gasteiger charge is -2.05. The zero-order valence-corrected chi connectivity index (χ0v) is 8.92. The molecule has 0 aliphatic rings. The lowest BCUT2D eigenvalue weighted by molar-refractivity contribution is -0.131. The second kappa shape index (κ2) is 4.28. The standard InChI is InChI=1S/C9H9BrO3/c1-6(11)13-7-3-4-8(10)9(5-7)12-2/h3-5H,1-2H3. The summed E-state index contributed by atoms with van der Waals surface area (Å²) in [7, 11) is 1.55. The van der Waals surface area contributed by atoms with E-state index >= 15 is 0 Å². The number of hydrogen-bond acceptors (Lipinski definition) is 3. The minimum absolute atomic E-state index is 0.343. The lowest BCUT2D eigenvalue weighted by Crippen LogP contribution is -2.01. The van der Waals surface area contributed by atoms with Crippen LogP contribution in [-0.2, 0) is 4.79 Å². The van der Waals surface area contributed by atoms with E-state index in [1.54, 1.807) is 25.3 Å².